The molecule has 0 aliphatic rings. The Kier molecular flexibility index (Phi) is 4.90. The fraction of sp³-hybridized carbons (Fsp3) is 0.556. The first kappa shape index (κ1) is 10.6. The van der Waals surface area contributed by atoms with Crippen LogP contribution < -0.4 is 10.6 Å². The fourth-order valence-electron chi connectivity index (χ4n) is 1.05. The summed E-state index contributed by atoms with van der Waals surface area (Å²) in [6.45, 7) is 2.77. The molecule has 0 atom stereocenters. The summed E-state index contributed by atoms with van der Waals surface area (Å²) in [7, 11) is 1.95. The predicted molar refractivity (Wildman–Crippen MR) is 54.0 cm³/mol. The Bertz CT molecular complexity index is 237. The number of nitrogens with one attached hydrogen (secondary N) is 2. The lowest BCUT2D eigenvalue weighted by molar-refractivity contribution is 0.481. The van der Waals surface area contributed by atoms with Crippen LogP contribution in [0.3, 0.4) is 0 Å². The van der Waals surface area contributed by atoms with Crippen molar-refractivity contribution < 1.29 is 4.42 Å². The van der Waals surface area contributed by atoms with Crippen LogP contribution in [0.5, 0.6) is 0 Å². The normalized spacial score (nSPS) is 10.6. The van der Waals surface area contributed by atoms with Crippen LogP contribution >= 0.6 is 11.6 Å². The molecule has 0 aromatic carbocycles. The summed E-state index contributed by atoms with van der Waals surface area (Å²) in [5.74, 6) is 0.884. The first-order valence-corrected chi connectivity index (χ1v) is 4.80. The summed E-state index contributed by atoms with van der Waals surface area (Å²) in [5.41, 5.74) is 0. The lowest BCUT2D eigenvalue weighted by atomic mass is 10.4. The molecule has 1 rings (SSSR count). The van der Waals surface area contributed by atoms with Crippen LogP contribution in [0.15, 0.2) is 16.5 Å². The number of hydrogen-bond acceptors (Lipinski definition) is 3. The van der Waals surface area contributed by atoms with Gasteiger partial charge in [-0.25, -0.2) is 0 Å². The smallest absolute Gasteiger partial charge is 0.193 e. The summed E-state index contributed by atoms with van der Waals surface area (Å²) in [6, 6.07) is 3.64. The monoisotopic (exact) mass is 202 g/mol. The molecule has 1 aromatic rings. The molecule has 2 N–H and O–H groups in total. The molecule has 1 aromatic heterocycles. The van der Waals surface area contributed by atoms with E-state index in [-0.39, 0.29) is 0 Å². The summed E-state index contributed by atoms with van der Waals surface area (Å²) in [6.07, 6.45) is 1.12. The molecule has 0 spiro atoms. The molecule has 0 bridgehead atoms. The van der Waals surface area contributed by atoms with E-state index < -0.39 is 0 Å². The Labute approximate surface area is 83.5 Å². The molecular weight excluding hydrogens is 188 g/mol. The Morgan fingerprint density at radius 3 is 2.85 bits per heavy atom. The van der Waals surface area contributed by atoms with Crippen molar-refractivity contribution in [1.29, 1.82) is 0 Å². The van der Waals surface area contributed by atoms with Crippen molar-refractivity contribution in [2.45, 2.75) is 13.0 Å². The maximum absolute atomic E-state index is 5.62. The van der Waals surface area contributed by atoms with Crippen LogP contribution in [0.1, 0.15) is 12.2 Å². The van der Waals surface area contributed by atoms with Gasteiger partial charge in [-0.15, -0.1) is 0 Å². The van der Waals surface area contributed by atoms with Crippen LogP contribution in [0.4, 0.5) is 0 Å². The minimum Gasteiger partial charge on any atom is -0.448 e. The first-order valence-electron chi connectivity index (χ1n) is 4.42. The molecule has 1 heterocycles. The van der Waals surface area contributed by atoms with E-state index in [0.717, 1.165) is 31.8 Å². The van der Waals surface area contributed by atoms with E-state index in [2.05, 4.69) is 10.6 Å². The van der Waals surface area contributed by atoms with E-state index in [0.29, 0.717) is 5.22 Å². The SMILES string of the molecule is CNCCCNCc1ccc(Cl)o1. The number of rotatable bonds is 6. The van der Waals surface area contributed by atoms with Crippen LogP contribution in [-0.2, 0) is 6.54 Å². The predicted octanol–water partition coefficient (Wildman–Crippen LogP) is 1.63. The van der Waals surface area contributed by atoms with E-state index in [1.807, 2.05) is 13.1 Å². The van der Waals surface area contributed by atoms with Crippen molar-refractivity contribution >= 4 is 11.6 Å². The van der Waals surface area contributed by atoms with Gasteiger partial charge in [-0.05, 0) is 50.3 Å². The molecular formula is C9H15ClN2O. The van der Waals surface area contributed by atoms with Gasteiger partial charge in [-0.3, -0.25) is 0 Å². The third-order valence-corrected chi connectivity index (χ3v) is 1.91. The van der Waals surface area contributed by atoms with Gasteiger partial charge < -0.3 is 15.1 Å². The highest BCUT2D eigenvalue weighted by atomic mass is 35.5. The highest BCUT2D eigenvalue weighted by Gasteiger charge is 1.97. The first-order chi connectivity index (χ1) is 6.33. The van der Waals surface area contributed by atoms with Gasteiger partial charge in [0.05, 0.1) is 6.54 Å². The molecule has 0 saturated carbocycles. The minimum absolute atomic E-state index is 0.451. The zero-order valence-electron chi connectivity index (χ0n) is 7.77. The van der Waals surface area contributed by atoms with Gasteiger partial charge >= 0.3 is 0 Å². The largest absolute Gasteiger partial charge is 0.448 e. The second kappa shape index (κ2) is 6.02. The average molecular weight is 203 g/mol. The van der Waals surface area contributed by atoms with E-state index in [4.69, 9.17) is 16.0 Å². The quantitative estimate of drug-likeness (QED) is 0.689. The standard InChI is InChI=1S/C9H15ClN2O/c1-11-5-2-6-12-7-8-3-4-9(10)13-8/h3-4,11-12H,2,5-7H2,1H3. The minimum atomic E-state index is 0.451. The number of halogens is 1. The van der Waals surface area contributed by atoms with Crippen LogP contribution in [-0.4, -0.2) is 20.1 Å². The molecule has 0 radical (unpaired) electrons. The molecule has 0 fully saturated rings. The Hall–Kier alpha value is -0.510. The lowest BCUT2D eigenvalue weighted by Gasteiger charge is -2.01. The molecule has 13 heavy (non-hydrogen) atoms. The van der Waals surface area contributed by atoms with E-state index >= 15 is 0 Å². The van der Waals surface area contributed by atoms with E-state index in [1.54, 1.807) is 6.07 Å². The van der Waals surface area contributed by atoms with Crippen LogP contribution in [0, 0.1) is 0 Å². The van der Waals surface area contributed by atoms with Crippen LogP contribution in [0.25, 0.3) is 0 Å². The third kappa shape index (κ3) is 4.31. The summed E-state index contributed by atoms with van der Waals surface area (Å²) in [4.78, 5) is 0. The third-order valence-electron chi connectivity index (χ3n) is 1.71. The van der Waals surface area contributed by atoms with Crippen molar-refractivity contribution in [3.05, 3.63) is 23.1 Å². The van der Waals surface area contributed by atoms with Crippen molar-refractivity contribution in [3.8, 4) is 0 Å². The highest BCUT2D eigenvalue weighted by molar-refractivity contribution is 6.28. The van der Waals surface area contributed by atoms with E-state index in [9.17, 15) is 0 Å². The summed E-state index contributed by atoms with van der Waals surface area (Å²) >= 11 is 5.62. The van der Waals surface area contributed by atoms with E-state index in [1.165, 1.54) is 0 Å². The Morgan fingerprint density at radius 1 is 1.38 bits per heavy atom. The molecule has 0 unspecified atom stereocenters. The zero-order chi connectivity index (χ0) is 9.52. The van der Waals surface area contributed by atoms with Crippen molar-refractivity contribution in [3.63, 3.8) is 0 Å². The van der Waals surface area contributed by atoms with Gasteiger partial charge in [0.15, 0.2) is 5.22 Å². The van der Waals surface area contributed by atoms with Gasteiger partial charge in [0.25, 0.3) is 0 Å². The topological polar surface area (TPSA) is 37.2 Å². The summed E-state index contributed by atoms with van der Waals surface area (Å²) in [5, 5.41) is 6.79. The number of hydrogen-bond donors (Lipinski definition) is 2. The zero-order valence-corrected chi connectivity index (χ0v) is 8.53. The molecule has 74 valence electrons. The fourth-order valence-corrected chi connectivity index (χ4v) is 1.21. The lowest BCUT2D eigenvalue weighted by Crippen LogP contribution is -2.19. The second-order valence-corrected chi connectivity index (χ2v) is 3.21. The van der Waals surface area contributed by atoms with Gasteiger partial charge in [-0.1, -0.05) is 0 Å². The maximum Gasteiger partial charge on any atom is 0.193 e. The summed E-state index contributed by atoms with van der Waals surface area (Å²) < 4.78 is 5.18. The maximum atomic E-state index is 5.62. The van der Waals surface area contributed by atoms with Gasteiger partial charge in [0, 0.05) is 0 Å². The Balaban J connectivity index is 2.06. The molecule has 0 amide bonds. The molecule has 4 heteroatoms. The van der Waals surface area contributed by atoms with Crippen LogP contribution in [0.2, 0.25) is 5.22 Å². The number of furan rings is 1. The van der Waals surface area contributed by atoms with Crippen molar-refractivity contribution in [2.24, 2.45) is 0 Å². The van der Waals surface area contributed by atoms with Gasteiger partial charge in [-0.2, -0.15) is 0 Å². The van der Waals surface area contributed by atoms with Gasteiger partial charge in [0.1, 0.15) is 5.76 Å². The van der Waals surface area contributed by atoms with Gasteiger partial charge in [0.2, 0.25) is 0 Å². The molecule has 0 aliphatic carbocycles. The average Bonchev–Trinajstić information content (AvgIpc) is 2.51. The Morgan fingerprint density at radius 2 is 2.23 bits per heavy atom. The molecule has 0 aliphatic heterocycles. The molecule has 3 nitrogen and oxygen atoms in total. The van der Waals surface area contributed by atoms with Crippen molar-refractivity contribution in [1.82, 2.24) is 10.6 Å². The second-order valence-electron chi connectivity index (χ2n) is 2.84. The highest BCUT2D eigenvalue weighted by Crippen LogP contribution is 2.12. The van der Waals surface area contributed by atoms with Crippen molar-refractivity contribution in [2.75, 3.05) is 20.1 Å². The molecule has 0 saturated heterocycles.